The third-order valence-electron chi connectivity index (χ3n) is 10.9. The third kappa shape index (κ3) is 5.32. The number of benzene rings is 9. The molecule has 0 unspecified atom stereocenters. The van der Waals surface area contributed by atoms with Gasteiger partial charge in [-0.2, -0.15) is 0 Å². The fourth-order valence-corrected chi connectivity index (χ4v) is 9.40. The van der Waals surface area contributed by atoms with Crippen molar-refractivity contribution in [2.75, 3.05) is 4.90 Å². The van der Waals surface area contributed by atoms with E-state index >= 15 is 0 Å². The van der Waals surface area contributed by atoms with Crippen molar-refractivity contribution in [3.63, 3.8) is 0 Å². The highest BCUT2D eigenvalue weighted by Crippen LogP contribution is 2.43. The zero-order chi connectivity index (χ0) is 36.3. The minimum atomic E-state index is 0.912. The number of hydrogen-bond donors (Lipinski definition) is 0. The number of thiophene rings is 1. The first-order chi connectivity index (χ1) is 27.3. The van der Waals surface area contributed by atoms with E-state index in [1.54, 1.807) is 0 Å². The standard InChI is InChI=1S/C52H33NOS/c1-2-10-34(11-3-1)35-20-27-39(28-21-35)53(40-29-22-37(23-30-40)43-15-9-19-49-51(43)45-14-6-7-18-48(45)55-49)41-31-24-38(25-32-41)44-16-8-17-46-50-42-13-5-4-12-36(42)26-33-47(50)54-52(44)46/h1-33H. The lowest BCUT2D eigenvalue weighted by Gasteiger charge is -2.26. The molecule has 0 saturated carbocycles. The molecule has 0 atom stereocenters. The van der Waals surface area contributed by atoms with Gasteiger partial charge in [-0.3, -0.25) is 0 Å². The van der Waals surface area contributed by atoms with Crippen LogP contribution >= 0.6 is 11.3 Å². The fourth-order valence-electron chi connectivity index (χ4n) is 8.27. The molecule has 0 radical (unpaired) electrons. The maximum Gasteiger partial charge on any atom is 0.143 e. The minimum Gasteiger partial charge on any atom is -0.455 e. The maximum absolute atomic E-state index is 6.59. The van der Waals surface area contributed by atoms with Crippen LogP contribution in [0.25, 0.3) is 86.3 Å². The number of anilines is 3. The summed E-state index contributed by atoms with van der Waals surface area (Å²) in [5.74, 6) is 0. The molecule has 0 bridgehead atoms. The lowest BCUT2D eigenvalue weighted by atomic mass is 9.98. The summed E-state index contributed by atoms with van der Waals surface area (Å²) < 4.78 is 9.23. The molecule has 55 heavy (non-hydrogen) atoms. The Labute approximate surface area is 322 Å². The lowest BCUT2D eigenvalue weighted by molar-refractivity contribution is 0.670. The normalized spacial score (nSPS) is 11.6. The van der Waals surface area contributed by atoms with E-state index in [1.807, 2.05) is 11.3 Å². The zero-order valence-corrected chi connectivity index (χ0v) is 30.6. The Balaban J connectivity index is 1.01. The van der Waals surface area contributed by atoms with Crippen molar-refractivity contribution in [1.82, 2.24) is 0 Å². The van der Waals surface area contributed by atoms with E-state index in [-0.39, 0.29) is 0 Å². The smallest absolute Gasteiger partial charge is 0.143 e. The van der Waals surface area contributed by atoms with Crippen molar-refractivity contribution >= 4 is 81.3 Å². The maximum atomic E-state index is 6.59. The molecule has 2 nitrogen and oxygen atoms in total. The number of hydrogen-bond acceptors (Lipinski definition) is 3. The Morgan fingerprint density at radius 2 is 0.891 bits per heavy atom. The number of fused-ring (bicyclic) bond motifs is 8. The molecule has 2 heterocycles. The fraction of sp³-hybridized carbons (Fsp3) is 0. The summed E-state index contributed by atoms with van der Waals surface area (Å²) in [5, 5.41) is 7.38. The van der Waals surface area contributed by atoms with E-state index in [4.69, 9.17) is 4.42 Å². The van der Waals surface area contributed by atoms with Crippen molar-refractivity contribution in [3.05, 3.63) is 200 Å². The highest BCUT2D eigenvalue weighted by atomic mass is 32.1. The Morgan fingerprint density at radius 1 is 0.345 bits per heavy atom. The summed E-state index contributed by atoms with van der Waals surface area (Å²) in [5.41, 5.74) is 12.2. The van der Waals surface area contributed by atoms with Gasteiger partial charge in [0.05, 0.1) is 0 Å². The van der Waals surface area contributed by atoms with Crippen LogP contribution in [-0.4, -0.2) is 0 Å². The van der Waals surface area contributed by atoms with E-state index in [0.29, 0.717) is 0 Å². The molecule has 9 aromatic carbocycles. The van der Waals surface area contributed by atoms with Crippen molar-refractivity contribution in [3.8, 4) is 33.4 Å². The van der Waals surface area contributed by atoms with Crippen LogP contribution in [0.5, 0.6) is 0 Å². The molecule has 0 saturated heterocycles. The summed E-state index contributed by atoms with van der Waals surface area (Å²) in [6.07, 6.45) is 0. The molecule has 0 N–H and O–H groups in total. The van der Waals surface area contributed by atoms with Crippen molar-refractivity contribution in [2.24, 2.45) is 0 Å². The van der Waals surface area contributed by atoms with Gasteiger partial charge in [0, 0.05) is 53.6 Å². The van der Waals surface area contributed by atoms with Gasteiger partial charge in [-0.15, -0.1) is 11.3 Å². The van der Waals surface area contributed by atoms with Crippen molar-refractivity contribution < 1.29 is 4.42 Å². The van der Waals surface area contributed by atoms with Crippen LogP contribution in [0.15, 0.2) is 205 Å². The van der Waals surface area contributed by atoms with Gasteiger partial charge in [0.2, 0.25) is 0 Å². The molecule has 11 rings (SSSR count). The van der Waals surface area contributed by atoms with Gasteiger partial charge in [-0.25, -0.2) is 0 Å². The molecule has 0 aliphatic heterocycles. The Bertz CT molecular complexity index is 3170. The van der Waals surface area contributed by atoms with E-state index in [9.17, 15) is 0 Å². The van der Waals surface area contributed by atoms with Crippen molar-refractivity contribution in [1.29, 1.82) is 0 Å². The monoisotopic (exact) mass is 719 g/mol. The molecule has 0 aliphatic rings. The van der Waals surface area contributed by atoms with Gasteiger partial charge in [-0.1, -0.05) is 146 Å². The van der Waals surface area contributed by atoms with Gasteiger partial charge in [0.15, 0.2) is 0 Å². The summed E-state index contributed by atoms with van der Waals surface area (Å²) in [7, 11) is 0. The predicted octanol–water partition coefficient (Wildman–Crippen LogP) is 15.6. The van der Waals surface area contributed by atoms with Gasteiger partial charge in [0.1, 0.15) is 11.2 Å². The predicted molar refractivity (Wildman–Crippen MR) is 235 cm³/mol. The molecular formula is C52H33NOS. The van der Waals surface area contributed by atoms with E-state index < -0.39 is 0 Å². The SMILES string of the molecule is c1ccc(-c2ccc(N(c3ccc(-c4cccc5c4oc4ccc6ccccc6c45)cc3)c3ccc(-c4cccc5sc6ccccc6c45)cc3)cc2)cc1. The third-order valence-corrected chi connectivity index (χ3v) is 12.0. The molecule has 11 aromatic rings. The van der Waals surface area contributed by atoms with Gasteiger partial charge in [0.25, 0.3) is 0 Å². The molecule has 3 heteroatoms. The largest absolute Gasteiger partial charge is 0.455 e. The second-order valence-electron chi connectivity index (χ2n) is 14.1. The summed E-state index contributed by atoms with van der Waals surface area (Å²) in [6.45, 7) is 0. The second-order valence-corrected chi connectivity index (χ2v) is 15.1. The lowest BCUT2D eigenvalue weighted by Crippen LogP contribution is -2.09. The second kappa shape index (κ2) is 12.9. The van der Waals surface area contributed by atoms with Crippen LogP contribution in [0, 0.1) is 0 Å². The molecule has 0 amide bonds. The number of rotatable bonds is 6. The quantitative estimate of drug-likeness (QED) is 0.170. The molecule has 0 aliphatic carbocycles. The number of furan rings is 1. The average Bonchev–Trinajstić information content (AvgIpc) is 3.84. The van der Waals surface area contributed by atoms with Crippen LogP contribution in [0.4, 0.5) is 17.1 Å². The van der Waals surface area contributed by atoms with Crippen LogP contribution in [0.2, 0.25) is 0 Å². The summed E-state index contributed by atoms with van der Waals surface area (Å²) in [6, 6.07) is 72.0. The molecular weight excluding hydrogens is 687 g/mol. The van der Waals surface area contributed by atoms with E-state index in [0.717, 1.165) is 44.7 Å². The summed E-state index contributed by atoms with van der Waals surface area (Å²) in [4.78, 5) is 2.34. The highest BCUT2D eigenvalue weighted by Gasteiger charge is 2.18. The molecule has 258 valence electrons. The Morgan fingerprint density at radius 3 is 1.64 bits per heavy atom. The van der Waals surface area contributed by atoms with Crippen LogP contribution in [0.3, 0.4) is 0 Å². The molecule has 0 fully saturated rings. The van der Waals surface area contributed by atoms with Gasteiger partial charge < -0.3 is 9.32 Å². The zero-order valence-electron chi connectivity index (χ0n) is 29.8. The average molecular weight is 720 g/mol. The van der Waals surface area contributed by atoms with Crippen LogP contribution in [-0.2, 0) is 0 Å². The van der Waals surface area contributed by atoms with E-state index in [2.05, 4.69) is 205 Å². The first-order valence-corrected chi connectivity index (χ1v) is 19.5. The topological polar surface area (TPSA) is 16.4 Å². The minimum absolute atomic E-state index is 0.912. The van der Waals surface area contributed by atoms with E-state index in [1.165, 1.54) is 58.6 Å². The number of para-hydroxylation sites is 1. The first kappa shape index (κ1) is 31.6. The van der Waals surface area contributed by atoms with Crippen molar-refractivity contribution in [2.45, 2.75) is 0 Å². The Kier molecular flexibility index (Phi) is 7.39. The van der Waals surface area contributed by atoms with Gasteiger partial charge in [-0.05, 0) is 93.2 Å². The molecule has 2 aromatic heterocycles. The Hall–Kier alpha value is -6.94. The first-order valence-electron chi connectivity index (χ1n) is 18.7. The molecule has 0 spiro atoms. The van der Waals surface area contributed by atoms with Crippen LogP contribution < -0.4 is 4.90 Å². The summed E-state index contributed by atoms with van der Waals surface area (Å²) >= 11 is 1.86. The highest BCUT2D eigenvalue weighted by molar-refractivity contribution is 7.25. The number of nitrogens with zero attached hydrogens (tertiary/aromatic N) is 1. The van der Waals surface area contributed by atoms with Crippen LogP contribution in [0.1, 0.15) is 0 Å². The van der Waals surface area contributed by atoms with Gasteiger partial charge >= 0.3 is 0 Å².